The molecule has 0 fully saturated rings. The van der Waals surface area contributed by atoms with Crippen LogP contribution in [0.3, 0.4) is 0 Å². The molecular formula is C13H23N3O. The molecule has 0 amide bonds. The number of hydrogen-bond acceptors (Lipinski definition) is 4. The van der Waals surface area contributed by atoms with Crippen LogP contribution in [0.25, 0.3) is 0 Å². The van der Waals surface area contributed by atoms with Gasteiger partial charge in [0.05, 0.1) is 11.9 Å². The van der Waals surface area contributed by atoms with Gasteiger partial charge in [0, 0.05) is 11.6 Å². The quantitative estimate of drug-likeness (QED) is 0.848. The minimum Gasteiger partial charge on any atom is -0.490 e. The van der Waals surface area contributed by atoms with Crippen molar-refractivity contribution in [2.45, 2.75) is 32.4 Å². The van der Waals surface area contributed by atoms with E-state index in [1.54, 1.807) is 6.20 Å². The lowest BCUT2D eigenvalue weighted by atomic mass is 10.1. The number of nitrogens with zero attached hydrogens (tertiary/aromatic N) is 2. The lowest BCUT2D eigenvalue weighted by Gasteiger charge is -2.32. The lowest BCUT2D eigenvalue weighted by Crippen LogP contribution is -2.43. The number of nitrogens with two attached hydrogens (primary N) is 1. The maximum Gasteiger partial charge on any atom is 0.137 e. The Bertz CT molecular complexity index is 344. The van der Waals surface area contributed by atoms with E-state index in [1.165, 1.54) is 0 Å². The highest BCUT2D eigenvalue weighted by Gasteiger charge is 2.21. The van der Waals surface area contributed by atoms with Gasteiger partial charge in [0.15, 0.2) is 0 Å². The van der Waals surface area contributed by atoms with E-state index >= 15 is 0 Å². The van der Waals surface area contributed by atoms with Crippen LogP contribution in [0.15, 0.2) is 18.3 Å². The Balaban J connectivity index is 2.59. The summed E-state index contributed by atoms with van der Waals surface area (Å²) in [5.74, 6) is 0.782. The molecular weight excluding hydrogens is 214 g/mol. The van der Waals surface area contributed by atoms with Gasteiger partial charge in [0.25, 0.3) is 0 Å². The molecule has 0 saturated heterocycles. The first-order valence-electron chi connectivity index (χ1n) is 5.84. The molecule has 17 heavy (non-hydrogen) atoms. The Kier molecular flexibility index (Phi) is 4.48. The standard InChI is InChI=1S/C13H23N3O/c1-10(14)12-7-6-11(8-15-12)17-9-13(2,3)16(4)5/h6-8,10H,9,14H2,1-5H3/t10-/m1/s1. The minimum atomic E-state index is -0.0396. The molecule has 2 N–H and O–H groups in total. The maximum atomic E-state index is 5.74. The summed E-state index contributed by atoms with van der Waals surface area (Å²) in [7, 11) is 4.08. The first-order valence-corrected chi connectivity index (χ1v) is 5.84. The molecule has 4 nitrogen and oxygen atoms in total. The van der Waals surface area contributed by atoms with E-state index in [1.807, 2.05) is 33.2 Å². The summed E-state index contributed by atoms with van der Waals surface area (Å²) in [5, 5.41) is 0. The molecule has 0 aliphatic rings. The summed E-state index contributed by atoms with van der Waals surface area (Å²) in [4.78, 5) is 6.40. The van der Waals surface area contributed by atoms with Crippen molar-refractivity contribution in [2.75, 3.05) is 20.7 Å². The average Bonchev–Trinajstić information content (AvgIpc) is 2.27. The van der Waals surface area contributed by atoms with Crippen molar-refractivity contribution in [1.29, 1.82) is 0 Å². The molecule has 1 heterocycles. The fraction of sp³-hybridized carbons (Fsp3) is 0.615. The summed E-state index contributed by atoms with van der Waals surface area (Å²) in [6.45, 7) is 6.81. The van der Waals surface area contributed by atoms with Crippen molar-refractivity contribution in [2.24, 2.45) is 5.73 Å². The van der Waals surface area contributed by atoms with Crippen LogP contribution in [0.1, 0.15) is 32.5 Å². The summed E-state index contributed by atoms with van der Waals surface area (Å²) in [6.07, 6.45) is 1.73. The number of hydrogen-bond donors (Lipinski definition) is 1. The van der Waals surface area contributed by atoms with Gasteiger partial charge < -0.3 is 15.4 Å². The van der Waals surface area contributed by atoms with Gasteiger partial charge in [0.1, 0.15) is 12.4 Å². The largest absolute Gasteiger partial charge is 0.490 e. The maximum absolute atomic E-state index is 5.74. The molecule has 0 spiro atoms. The van der Waals surface area contributed by atoms with Gasteiger partial charge in [-0.3, -0.25) is 4.98 Å². The van der Waals surface area contributed by atoms with Crippen LogP contribution in [0, 0.1) is 0 Å². The van der Waals surface area contributed by atoms with Gasteiger partial charge in [-0.05, 0) is 47.0 Å². The Morgan fingerprint density at radius 1 is 1.41 bits per heavy atom. The van der Waals surface area contributed by atoms with E-state index in [0.717, 1.165) is 11.4 Å². The average molecular weight is 237 g/mol. The van der Waals surface area contributed by atoms with Gasteiger partial charge in [-0.25, -0.2) is 0 Å². The zero-order valence-electron chi connectivity index (χ0n) is 11.4. The number of aromatic nitrogens is 1. The molecule has 0 radical (unpaired) electrons. The van der Waals surface area contributed by atoms with Gasteiger partial charge in [-0.2, -0.15) is 0 Å². The zero-order valence-corrected chi connectivity index (χ0v) is 11.4. The molecule has 4 heteroatoms. The Morgan fingerprint density at radius 3 is 2.47 bits per heavy atom. The Hall–Kier alpha value is -1.13. The molecule has 0 saturated carbocycles. The minimum absolute atomic E-state index is 0.000168. The van der Waals surface area contributed by atoms with Gasteiger partial charge in [-0.1, -0.05) is 0 Å². The van der Waals surface area contributed by atoms with Crippen LogP contribution in [-0.2, 0) is 0 Å². The number of ether oxygens (including phenoxy) is 1. The SMILES string of the molecule is C[C@@H](N)c1ccc(OCC(C)(C)N(C)C)cn1. The van der Waals surface area contributed by atoms with Crippen molar-refractivity contribution >= 4 is 0 Å². The second-order valence-electron chi connectivity index (χ2n) is 5.20. The summed E-state index contributed by atoms with van der Waals surface area (Å²) in [6, 6.07) is 3.78. The van der Waals surface area contributed by atoms with Crippen LogP contribution in [0.5, 0.6) is 5.75 Å². The van der Waals surface area contributed by atoms with Crippen molar-refractivity contribution in [3.8, 4) is 5.75 Å². The molecule has 0 aliphatic heterocycles. The van der Waals surface area contributed by atoms with Crippen LogP contribution >= 0.6 is 0 Å². The first-order chi connectivity index (χ1) is 7.83. The van der Waals surface area contributed by atoms with Crippen LogP contribution in [0.2, 0.25) is 0 Å². The summed E-state index contributed by atoms with van der Waals surface area (Å²) < 4.78 is 5.72. The lowest BCUT2D eigenvalue weighted by molar-refractivity contribution is 0.114. The molecule has 1 aromatic rings. The zero-order chi connectivity index (χ0) is 13.1. The number of rotatable bonds is 5. The highest BCUT2D eigenvalue weighted by atomic mass is 16.5. The third-order valence-electron chi connectivity index (χ3n) is 3.03. The molecule has 1 aromatic heterocycles. The third kappa shape index (κ3) is 3.98. The summed E-state index contributed by atoms with van der Waals surface area (Å²) >= 11 is 0. The van der Waals surface area contributed by atoms with E-state index in [4.69, 9.17) is 10.5 Å². The van der Waals surface area contributed by atoms with Crippen molar-refractivity contribution in [1.82, 2.24) is 9.88 Å². The monoisotopic (exact) mass is 237 g/mol. The molecule has 0 bridgehead atoms. The van der Waals surface area contributed by atoms with Gasteiger partial charge in [0.2, 0.25) is 0 Å². The predicted molar refractivity (Wildman–Crippen MR) is 70.1 cm³/mol. The van der Waals surface area contributed by atoms with Crippen LogP contribution in [-0.4, -0.2) is 36.1 Å². The van der Waals surface area contributed by atoms with Gasteiger partial charge in [-0.15, -0.1) is 0 Å². The third-order valence-corrected chi connectivity index (χ3v) is 3.03. The Morgan fingerprint density at radius 2 is 2.06 bits per heavy atom. The predicted octanol–water partition coefficient (Wildman–Crippen LogP) is 1.82. The van der Waals surface area contributed by atoms with E-state index < -0.39 is 0 Å². The van der Waals surface area contributed by atoms with Crippen molar-refractivity contribution in [3.05, 3.63) is 24.0 Å². The van der Waals surface area contributed by atoms with Crippen LogP contribution in [0.4, 0.5) is 0 Å². The van der Waals surface area contributed by atoms with E-state index in [9.17, 15) is 0 Å². The smallest absolute Gasteiger partial charge is 0.137 e. The fourth-order valence-electron chi connectivity index (χ4n) is 1.14. The molecule has 1 rings (SSSR count). The number of pyridine rings is 1. The van der Waals surface area contributed by atoms with Crippen LogP contribution < -0.4 is 10.5 Å². The molecule has 0 unspecified atom stereocenters. The highest BCUT2D eigenvalue weighted by molar-refractivity contribution is 5.21. The molecule has 96 valence electrons. The normalized spacial score (nSPS) is 13.8. The molecule has 0 aromatic carbocycles. The highest BCUT2D eigenvalue weighted by Crippen LogP contribution is 2.16. The van der Waals surface area contributed by atoms with E-state index in [0.29, 0.717) is 6.61 Å². The molecule has 1 atom stereocenters. The van der Waals surface area contributed by atoms with Crippen molar-refractivity contribution < 1.29 is 4.74 Å². The first kappa shape index (κ1) is 13.9. The Labute approximate surface area is 104 Å². The second-order valence-corrected chi connectivity index (χ2v) is 5.20. The topological polar surface area (TPSA) is 51.4 Å². The van der Waals surface area contributed by atoms with Gasteiger partial charge >= 0.3 is 0 Å². The second kappa shape index (κ2) is 5.47. The van der Waals surface area contributed by atoms with E-state index in [-0.39, 0.29) is 11.6 Å². The fourth-order valence-corrected chi connectivity index (χ4v) is 1.14. The van der Waals surface area contributed by atoms with E-state index in [2.05, 4.69) is 23.7 Å². The summed E-state index contributed by atoms with van der Waals surface area (Å²) in [5.41, 5.74) is 6.62. The van der Waals surface area contributed by atoms with Crippen molar-refractivity contribution in [3.63, 3.8) is 0 Å². The molecule has 0 aliphatic carbocycles. The number of likely N-dealkylation sites (N-methyl/N-ethyl adjacent to an activating group) is 1.